The van der Waals surface area contributed by atoms with Crippen LogP contribution in [-0.4, -0.2) is 26.0 Å². The molecule has 2 aromatic heterocycles. The average molecular weight is 284 g/mol. The van der Waals surface area contributed by atoms with E-state index in [1.54, 1.807) is 17.1 Å². The molecule has 0 aliphatic heterocycles. The summed E-state index contributed by atoms with van der Waals surface area (Å²) in [7, 11) is 0. The van der Waals surface area contributed by atoms with Crippen LogP contribution in [0.3, 0.4) is 0 Å². The van der Waals surface area contributed by atoms with E-state index in [9.17, 15) is 4.79 Å². The molecule has 0 aliphatic rings. The number of rotatable bonds is 4. The summed E-state index contributed by atoms with van der Waals surface area (Å²) < 4.78 is 6.10. The number of hydrogen-bond acceptors (Lipinski definition) is 6. The second kappa shape index (κ2) is 5.45. The topological polar surface area (TPSA) is 112 Å². The van der Waals surface area contributed by atoms with Crippen molar-refractivity contribution < 1.29 is 9.42 Å². The lowest BCUT2D eigenvalue weighted by Crippen LogP contribution is -2.13. The average Bonchev–Trinajstić information content (AvgIpc) is 3.09. The highest BCUT2D eigenvalue weighted by molar-refractivity contribution is 6.05. The van der Waals surface area contributed by atoms with Crippen LogP contribution in [0.2, 0.25) is 0 Å². The van der Waals surface area contributed by atoms with Gasteiger partial charge in [0, 0.05) is 6.20 Å². The molecule has 0 bridgehead atoms. The third-order valence-corrected chi connectivity index (χ3v) is 2.81. The van der Waals surface area contributed by atoms with E-state index in [1.807, 2.05) is 30.3 Å². The van der Waals surface area contributed by atoms with Crippen molar-refractivity contribution in [3.8, 4) is 0 Å². The molecule has 3 aromatic rings. The van der Waals surface area contributed by atoms with Crippen molar-refractivity contribution in [2.45, 2.75) is 6.54 Å². The van der Waals surface area contributed by atoms with E-state index in [4.69, 9.17) is 5.73 Å². The molecule has 3 N–H and O–H groups in total. The molecule has 0 saturated carbocycles. The molecule has 0 saturated heterocycles. The molecular weight excluding hydrogens is 272 g/mol. The van der Waals surface area contributed by atoms with Gasteiger partial charge in [0.05, 0.1) is 18.4 Å². The van der Waals surface area contributed by atoms with Gasteiger partial charge in [0.1, 0.15) is 0 Å². The van der Waals surface area contributed by atoms with E-state index in [1.165, 1.54) is 0 Å². The molecule has 0 atom stereocenters. The fraction of sp³-hybridized carbons (Fsp3) is 0.0769. The Labute approximate surface area is 119 Å². The number of hydrogen-bond donors (Lipinski definition) is 2. The molecule has 0 unspecified atom stereocenters. The quantitative estimate of drug-likeness (QED) is 0.743. The Bertz CT molecular complexity index is 749. The summed E-state index contributed by atoms with van der Waals surface area (Å²) in [6, 6.07) is 9.88. The van der Waals surface area contributed by atoms with Crippen LogP contribution < -0.4 is 11.1 Å². The first-order valence-electron chi connectivity index (χ1n) is 6.18. The number of carbonyl (C=O) groups excluding carboxylic acids is 1. The third-order valence-electron chi connectivity index (χ3n) is 2.81. The Morgan fingerprint density at radius 3 is 2.81 bits per heavy atom. The van der Waals surface area contributed by atoms with E-state index >= 15 is 0 Å². The monoisotopic (exact) mass is 284 g/mol. The standard InChI is InChI=1S/C13H12N6O2/c14-12-11(17-21-18-12)13(20)16-10-6-15-19(8-10)7-9-4-2-1-3-5-9/h1-6,8H,7H2,(H2,14,18)(H,16,20). The molecule has 3 rings (SSSR count). The normalized spacial score (nSPS) is 10.5. The van der Waals surface area contributed by atoms with Crippen LogP contribution in [0.5, 0.6) is 0 Å². The Morgan fingerprint density at radius 1 is 1.29 bits per heavy atom. The van der Waals surface area contributed by atoms with Crippen LogP contribution in [0.1, 0.15) is 16.1 Å². The summed E-state index contributed by atoms with van der Waals surface area (Å²) >= 11 is 0. The lowest BCUT2D eigenvalue weighted by molar-refractivity contribution is 0.101. The number of benzene rings is 1. The number of nitrogens with one attached hydrogen (secondary N) is 1. The Morgan fingerprint density at radius 2 is 2.10 bits per heavy atom. The smallest absolute Gasteiger partial charge is 0.281 e. The molecule has 21 heavy (non-hydrogen) atoms. The number of nitrogen functional groups attached to an aromatic ring is 1. The highest BCUT2D eigenvalue weighted by atomic mass is 16.6. The van der Waals surface area contributed by atoms with Gasteiger partial charge in [-0.2, -0.15) is 5.10 Å². The van der Waals surface area contributed by atoms with Gasteiger partial charge in [-0.1, -0.05) is 30.3 Å². The largest absolute Gasteiger partial charge is 0.379 e. The molecule has 0 aliphatic carbocycles. The Hall–Kier alpha value is -3.16. The minimum Gasteiger partial charge on any atom is -0.379 e. The maximum atomic E-state index is 11.9. The predicted molar refractivity (Wildman–Crippen MR) is 74.4 cm³/mol. The summed E-state index contributed by atoms with van der Waals surface area (Å²) in [4.78, 5) is 11.9. The predicted octanol–water partition coefficient (Wildman–Crippen LogP) is 1.15. The maximum Gasteiger partial charge on any atom is 0.281 e. The molecule has 0 spiro atoms. The molecule has 1 amide bonds. The summed E-state index contributed by atoms with van der Waals surface area (Å²) in [6.07, 6.45) is 3.26. The minimum atomic E-state index is -0.493. The molecule has 8 nitrogen and oxygen atoms in total. The fourth-order valence-corrected chi connectivity index (χ4v) is 1.83. The fourth-order valence-electron chi connectivity index (χ4n) is 1.83. The first-order chi connectivity index (χ1) is 10.2. The number of aromatic nitrogens is 4. The molecule has 8 heteroatoms. The third kappa shape index (κ3) is 2.89. The second-order valence-corrected chi connectivity index (χ2v) is 4.36. The number of amides is 1. The van der Waals surface area contributed by atoms with Gasteiger partial charge in [-0.25, -0.2) is 4.63 Å². The molecular formula is C13H12N6O2. The van der Waals surface area contributed by atoms with Crippen molar-refractivity contribution >= 4 is 17.4 Å². The molecule has 106 valence electrons. The summed E-state index contributed by atoms with van der Waals surface area (Å²) in [5.74, 6) is -0.544. The zero-order valence-electron chi connectivity index (χ0n) is 10.9. The highest BCUT2D eigenvalue weighted by Gasteiger charge is 2.16. The van der Waals surface area contributed by atoms with E-state index in [0.29, 0.717) is 12.2 Å². The van der Waals surface area contributed by atoms with E-state index in [-0.39, 0.29) is 11.5 Å². The molecule has 0 fully saturated rings. The van der Waals surface area contributed by atoms with Crippen molar-refractivity contribution in [2.24, 2.45) is 0 Å². The van der Waals surface area contributed by atoms with Gasteiger partial charge in [0.25, 0.3) is 5.91 Å². The van der Waals surface area contributed by atoms with Crippen molar-refractivity contribution in [3.05, 3.63) is 54.0 Å². The first kappa shape index (κ1) is 12.9. The van der Waals surface area contributed by atoms with Gasteiger partial charge in [0.2, 0.25) is 11.5 Å². The molecule has 1 aromatic carbocycles. The number of nitrogens with zero attached hydrogens (tertiary/aromatic N) is 4. The minimum absolute atomic E-state index is 0.0502. The van der Waals surface area contributed by atoms with Crippen molar-refractivity contribution in [1.82, 2.24) is 20.1 Å². The number of anilines is 2. The van der Waals surface area contributed by atoms with Crippen LogP contribution >= 0.6 is 0 Å². The summed E-state index contributed by atoms with van der Waals surface area (Å²) in [6.45, 7) is 0.615. The van der Waals surface area contributed by atoms with Crippen LogP contribution in [0, 0.1) is 0 Å². The van der Waals surface area contributed by atoms with Crippen LogP contribution in [0.4, 0.5) is 11.5 Å². The highest BCUT2D eigenvalue weighted by Crippen LogP contribution is 2.11. The van der Waals surface area contributed by atoms with E-state index in [2.05, 4.69) is 25.4 Å². The van der Waals surface area contributed by atoms with Crippen molar-refractivity contribution in [1.29, 1.82) is 0 Å². The van der Waals surface area contributed by atoms with Gasteiger partial charge in [-0.3, -0.25) is 9.48 Å². The van der Waals surface area contributed by atoms with Gasteiger partial charge in [0.15, 0.2) is 0 Å². The maximum absolute atomic E-state index is 11.9. The zero-order chi connectivity index (χ0) is 14.7. The lowest BCUT2D eigenvalue weighted by Gasteiger charge is -2.01. The van der Waals surface area contributed by atoms with Gasteiger partial charge >= 0.3 is 0 Å². The molecule has 2 heterocycles. The van der Waals surface area contributed by atoms with Crippen LogP contribution in [-0.2, 0) is 6.54 Å². The molecule has 0 radical (unpaired) electrons. The van der Waals surface area contributed by atoms with Crippen LogP contribution in [0.15, 0.2) is 47.4 Å². The van der Waals surface area contributed by atoms with Crippen LogP contribution in [0.25, 0.3) is 0 Å². The van der Waals surface area contributed by atoms with Crippen molar-refractivity contribution in [3.63, 3.8) is 0 Å². The number of carbonyl (C=O) groups is 1. The SMILES string of the molecule is Nc1nonc1C(=O)Nc1cnn(Cc2ccccc2)c1. The lowest BCUT2D eigenvalue weighted by atomic mass is 10.2. The van der Waals surface area contributed by atoms with Gasteiger partial charge in [-0.05, 0) is 15.9 Å². The number of nitrogens with two attached hydrogens (primary N) is 1. The zero-order valence-corrected chi connectivity index (χ0v) is 10.9. The first-order valence-corrected chi connectivity index (χ1v) is 6.18. The Balaban J connectivity index is 1.68. The van der Waals surface area contributed by atoms with Gasteiger partial charge < -0.3 is 11.1 Å². The van der Waals surface area contributed by atoms with Gasteiger partial charge in [-0.15, -0.1) is 0 Å². The Kier molecular flexibility index (Phi) is 3.34. The van der Waals surface area contributed by atoms with Crippen molar-refractivity contribution in [2.75, 3.05) is 11.1 Å². The summed E-state index contributed by atoms with van der Waals surface area (Å²) in [5, 5.41) is 13.6. The summed E-state index contributed by atoms with van der Waals surface area (Å²) in [5.41, 5.74) is 7.06. The van der Waals surface area contributed by atoms with E-state index < -0.39 is 5.91 Å². The van der Waals surface area contributed by atoms with E-state index in [0.717, 1.165) is 5.56 Å². The second-order valence-electron chi connectivity index (χ2n) is 4.36.